The smallest absolute Gasteiger partial charge is 0.0823 e. The van der Waals surface area contributed by atoms with Crippen LogP contribution in [0.15, 0.2) is 0 Å². The molecule has 5 heteroatoms. The van der Waals surface area contributed by atoms with Gasteiger partial charge in [0.15, 0.2) is 0 Å². The lowest BCUT2D eigenvalue weighted by molar-refractivity contribution is -0.124. The van der Waals surface area contributed by atoms with Crippen LogP contribution < -0.4 is 11.3 Å². The Morgan fingerprint density at radius 2 is 2.00 bits per heavy atom. The molecule has 4 nitrogen and oxygen atoms in total. The van der Waals surface area contributed by atoms with Crippen LogP contribution in [0.25, 0.3) is 0 Å². The van der Waals surface area contributed by atoms with Gasteiger partial charge in [0.1, 0.15) is 0 Å². The van der Waals surface area contributed by atoms with Crippen LogP contribution in [-0.2, 0) is 9.47 Å². The highest BCUT2D eigenvalue weighted by atomic mass is 32.2. The van der Waals surface area contributed by atoms with Crippen LogP contribution >= 0.6 is 11.8 Å². The van der Waals surface area contributed by atoms with Crippen LogP contribution in [-0.4, -0.2) is 42.0 Å². The predicted octanol–water partition coefficient (Wildman–Crippen LogP) is 2.08. The number of rotatable bonds is 3. The van der Waals surface area contributed by atoms with Gasteiger partial charge in [0.05, 0.1) is 17.2 Å². The molecule has 20 heavy (non-hydrogen) atoms. The van der Waals surface area contributed by atoms with Crippen molar-refractivity contribution >= 4 is 11.8 Å². The first kappa shape index (κ1) is 15.1. The number of nitrogens with two attached hydrogens (primary N) is 1. The summed E-state index contributed by atoms with van der Waals surface area (Å²) in [5.41, 5.74) is 3.12. The third-order valence-corrected chi connectivity index (χ3v) is 6.48. The van der Waals surface area contributed by atoms with Crippen molar-refractivity contribution in [1.82, 2.24) is 5.43 Å². The average Bonchev–Trinajstić information content (AvgIpc) is 2.88. The fraction of sp³-hybridized carbons (Fsp3) is 1.00. The second-order valence-corrected chi connectivity index (χ2v) is 8.03. The standard InChI is InChI=1S/C15H28N2O2S/c1-14(4-2-7-18-14)13(17-16)12-3-8-19-15(11-12)5-9-20-10-6-15/h12-13,17H,2-11,16H2,1H3. The van der Waals surface area contributed by atoms with E-state index in [2.05, 4.69) is 24.1 Å². The minimum absolute atomic E-state index is 0.0959. The average molecular weight is 300 g/mol. The molecule has 116 valence electrons. The highest BCUT2D eigenvalue weighted by Crippen LogP contribution is 2.43. The fourth-order valence-corrected chi connectivity index (χ4v) is 5.54. The lowest BCUT2D eigenvalue weighted by Crippen LogP contribution is -2.58. The van der Waals surface area contributed by atoms with E-state index < -0.39 is 0 Å². The van der Waals surface area contributed by atoms with Gasteiger partial charge in [0.2, 0.25) is 0 Å². The van der Waals surface area contributed by atoms with Gasteiger partial charge in [-0.2, -0.15) is 11.8 Å². The van der Waals surface area contributed by atoms with Gasteiger partial charge >= 0.3 is 0 Å². The van der Waals surface area contributed by atoms with Crippen LogP contribution in [0.5, 0.6) is 0 Å². The van der Waals surface area contributed by atoms with E-state index in [1.807, 2.05) is 0 Å². The number of ether oxygens (including phenoxy) is 2. The zero-order valence-electron chi connectivity index (χ0n) is 12.5. The number of hydrogen-bond donors (Lipinski definition) is 2. The summed E-state index contributed by atoms with van der Waals surface area (Å²) >= 11 is 2.06. The molecule has 0 radical (unpaired) electrons. The van der Waals surface area contributed by atoms with Gasteiger partial charge in [0.25, 0.3) is 0 Å². The SMILES string of the molecule is CC1(C(NN)C2CCOC3(CCSCC3)C2)CCCO1. The monoisotopic (exact) mass is 300 g/mol. The lowest BCUT2D eigenvalue weighted by atomic mass is 9.74. The molecule has 0 aromatic rings. The molecule has 3 fully saturated rings. The summed E-state index contributed by atoms with van der Waals surface area (Å²) in [6.45, 7) is 3.98. The third kappa shape index (κ3) is 2.88. The van der Waals surface area contributed by atoms with Crippen LogP contribution in [0.3, 0.4) is 0 Å². The van der Waals surface area contributed by atoms with E-state index in [9.17, 15) is 0 Å². The summed E-state index contributed by atoms with van der Waals surface area (Å²) in [4.78, 5) is 0. The van der Waals surface area contributed by atoms with E-state index in [1.54, 1.807) is 0 Å². The number of thioether (sulfide) groups is 1. The topological polar surface area (TPSA) is 56.5 Å². The van der Waals surface area contributed by atoms with Gasteiger partial charge in [-0.15, -0.1) is 0 Å². The molecular formula is C15H28N2O2S. The zero-order chi connectivity index (χ0) is 14.1. The summed E-state index contributed by atoms with van der Waals surface area (Å²) in [6, 6.07) is 0.250. The number of hydrogen-bond acceptors (Lipinski definition) is 5. The highest BCUT2D eigenvalue weighted by Gasteiger charge is 2.47. The first-order valence-corrected chi connectivity index (χ1v) is 9.15. The third-order valence-electron chi connectivity index (χ3n) is 5.49. The molecule has 0 amide bonds. The van der Waals surface area contributed by atoms with Gasteiger partial charge in [-0.25, -0.2) is 0 Å². The fourth-order valence-electron chi connectivity index (χ4n) is 4.30. The maximum absolute atomic E-state index is 6.20. The Morgan fingerprint density at radius 1 is 1.20 bits per heavy atom. The van der Waals surface area contributed by atoms with Crippen LogP contribution in [0.4, 0.5) is 0 Å². The molecule has 0 bridgehead atoms. The van der Waals surface area contributed by atoms with E-state index >= 15 is 0 Å². The van der Waals surface area contributed by atoms with Crippen LogP contribution in [0, 0.1) is 5.92 Å². The Hall–Kier alpha value is 0.190. The first-order valence-electron chi connectivity index (χ1n) is 7.99. The molecule has 3 rings (SSSR count). The predicted molar refractivity (Wildman–Crippen MR) is 82.7 cm³/mol. The van der Waals surface area contributed by atoms with Crippen molar-refractivity contribution in [3.63, 3.8) is 0 Å². The van der Waals surface area contributed by atoms with Crippen molar-refractivity contribution in [2.75, 3.05) is 24.7 Å². The zero-order valence-corrected chi connectivity index (χ0v) is 13.3. The van der Waals surface area contributed by atoms with E-state index in [0.29, 0.717) is 5.92 Å². The van der Waals surface area contributed by atoms with Crippen molar-refractivity contribution < 1.29 is 9.47 Å². The largest absolute Gasteiger partial charge is 0.375 e. The van der Waals surface area contributed by atoms with Gasteiger partial charge in [-0.3, -0.25) is 11.3 Å². The van der Waals surface area contributed by atoms with Crippen LogP contribution in [0.1, 0.15) is 45.4 Å². The molecule has 3 aliphatic heterocycles. The molecule has 3 saturated heterocycles. The van der Waals surface area contributed by atoms with Crippen molar-refractivity contribution in [1.29, 1.82) is 0 Å². The Kier molecular flexibility index (Phi) is 4.63. The van der Waals surface area contributed by atoms with E-state index in [0.717, 1.165) is 38.9 Å². The Balaban J connectivity index is 1.71. The molecule has 0 aromatic heterocycles. The van der Waals surface area contributed by atoms with E-state index in [-0.39, 0.29) is 17.2 Å². The second kappa shape index (κ2) is 6.13. The quantitative estimate of drug-likeness (QED) is 0.617. The Labute approximate surface area is 126 Å². The molecule has 3 unspecified atom stereocenters. The summed E-state index contributed by atoms with van der Waals surface area (Å²) in [5.74, 6) is 8.96. The number of nitrogens with one attached hydrogen (secondary N) is 1. The Bertz CT molecular complexity index is 322. The summed E-state index contributed by atoms with van der Waals surface area (Å²) in [6.07, 6.45) is 6.90. The van der Waals surface area contributed by atoms with E-state index in [1.165, 1.54) is 24.3 Å². The van der Waals surface area contributed by atoms with Crippen LogP contribution in [0.2, 0.25) is 0 Å². The summed E-state index contributed by atoms with van der Waals surface area (Å²) in [5, 5.41) is 0. The molecule has 3 atom stereocenters. The molecule has 3 heterocycles. The minimum atomic E-state index is -0.0959. The van der Waals surface area contributed by atoms with Gasteiger partial charge in [0, 0.05) is 13.2 Å². The summed E-state index contributed by atoms with van der Waals surface area (Å²) in [7, 11) is 0. The lowest BCUT2D eigenvalue weighted by Gasteiger charge is -2.48. The maximum atomic E-state index is 6.20. The van der Waals surface area contributed by atoms with Gasteiger partial charge in [-0.1, -0.05) is 0 Å². The first-order chi connectivity index (χ1) is 9.68. The molecular weight excluding hydrogens is 272 g/mol. The van der Waals surface area contributed by atoms with Crippen molar-refractivity contribution in [2.45, 2.75) is 62.7 Å². The summed E-state index contributed by atoms with van der Waals surface area (Å²) < 4.78 is 12.2. The number of hydrazine groups is 1. The van der Waals surface area contributed by atoms with Crippen molar-refractivity contribution in [3.05, 3.63) is 0 Å². The molecule has 1 spiro atoms. The maximum Gasteiger partial charge on any atom is 0.0823 e. The minimum Gasteiger partial charge on any atom is -0.375 e. The molecule has 0 aromatic carbocycles. The molecule has 3 aliphatic rings. The molecule has 0 aliphatic carbocycles. The van der Waals surface area contributed by atoms with Crippen molar-refractivity contribution in [3.8, 4) is 0 Å². The normalized spacial score (nSPS) is 39.0. The molecule has 3 N–H and O–H groups in total. The highest BCUT2D eigenvalue weighted by molar-refractivity contribution is 7.99. The van der Waals surface area contributed by atoms with Gasteiger partial charge < -0.3 is 9.47 Å². The Morgan fingerprint density at radius 3 is 2.65 bits per heavy atom. The molecule has 0 saturated carbocycles. The van der Waals surface area contributed by atoms with Gasteiger partial charge in [-0.05, 0) is 62.9 Å². The van der Waals surface area contributed by atoms with Crippen molar-refractivity contribution in [2.24, 2.45) is 11.8 Å². The second-order valence-electron chi connectivity index (χ2n) is 6.81. The van der Waals surface area contributed by atoms with E-state index in [4.69, 9.17) is 15.3 Å².